The van der Waals surface area contributed by atoms with Gasteiger partial charge in [-0.25, -0.2) is 4.98 Å². The van der Waals surface area contributed by atoms with E-state index < -0.39 is 0 Å². The molecule has 0 saturated carbocycles. The summed E-state index contributed by atoms with van der Waals surface area (Å²) in [6.07, 6.45) is 6.41. The van der Waals surface area contributed by atoms with Gasteiger partial charge in [-0.2, -0.15) is 0 Å². The number of fused-ring (bicyclic) bond motifs is 2. The van der Waals surface area contributed by atoms with Gasteiger partial charge in [0, 0.05) is 30.9 Å². The van der Waals surface area contributed by atoms with Crippen molar-refractivity contribution in [3.05, 3.63) is 65.3 Å². The fourth-order valence-electron chi connectivity index (χ4n) is 4.66. The van der Waals surface area contributed by atoms with E-state index in [2.05, 4.69) is 61.0 Å². The van der Waals surface area contributed by atoms with Gasteiger partial charge in [0.05, 0.1) is 5.56 Å². The minimum Gasteiger partial charge on any atom is -0.367 e. The van der Waals surface area contributed by atoms with Crippen LogP contribution in [-0.4, -0.2) is 44.1 Å². The number of carbonyl (C=O) groups excluding carboxylic acids is 1. The molecule has 2 aromatic heterocycles. The van der Waals surface area contributed by atoms with Gasteiger partial charge in [-0.1, -0.05) is 41.7 Å². The van der Waals surface area contributed by atoms with E-state index in [1.807, 2.05) is 6.07 Å². The van der Waals surface area contributed by atoms with E-state index in [1.165, 1.54) is 29.7 Å². The number of anilines is 2. The number of hydrogen-bond acceptors (Lipinski definition) is 7. The minimum absolute atomic E-state index is 0.224. The highest BCUT2D eigenvalue weighted by molar-refractivity contribution is 7.13. The van der Waals surface area contributed by atoms with E-state index in [4.69, 9.17) is 0 Å². The van der Waals surface area contributed by atoms with E-state index in [1.54, 1.807) is 17.8 Å². The molecule has 2 saturated heterocycles. The summed E-state index contributed by atoms with van der Waals surface area (Å²) >= 11 is 1.29. The molecule has 30 heavy (non-hydrogen) atoms. The average molecular weight is 421 g/mol. The number of nitrogens with one attached hydrogen (secondary N) is 2. The van der Waals surface area contributed by atoms with Crippen LogP contribution in [0.25, 0.3) is 0 Å². The number of amides is 1. The van der Waals surface area contributed by atoms with Crippen molar-refractivity contribution >= 4 is 28.2 Å². The zero-order valence-electron chi connectivity index (χ0n) is 16.6. The summed E-state index contributed by atoms with van der Waals surface area (Å²) in [6.45, 7) is 1.04. The van der Waals surface area contributed by atoms with Crippen molar-refractivity contribution in [3.8, 4) is 0 Å². The molecule has 2 aliphatic rings. The second-order valence-corrected chi connectivity index (χ2v) is 8.82. The van der Waals surface area contributed by atoms with Crippen LogP contribution >= 0.6 is 11.3 Å². The molecule has 4 heterocycles. The highest BCUT2D eigenvalue weighted by Crippen LogP contribution is 2.37. The highest BCUT2D eigenvalue weighted by Gasteiger charge is 2.40. The first kappa shape index (κ1) is 19.1. The summed E-state index contributed by atoms with van der Waals surface area (Å²) in [5.41, 5.74) is 3.48. The van der Waals surface area contributed by atoms with Crippen LogP contribution in [0, 0.1) is 0 Å². The maximum atomic E-state index is 12.3. The van der Waals surface area contributed by atoms with Gasteiger partial charge in [-0.15, -0.1) is 10.2 Å². The first-order valence-electron chi connectivity index (χ1n) is 10.3. The molecule has 5 rings (SSSR count). The largest absolute Gasteiger partial charge is 0.367 e. The second kappa shape index (κ2) is 8.49. The first-order chi connectivity index (χ1) is 14.7. The van der Waals surface area contributed by atoms with Gasteiger partial charge in [-0.3, -0.25) is 15.0 Å². The molecule has 0 aliphatic carbocycles. The van der Waals surface area contributed by atoms with Crippen molar-refractivity contribution in [3.63, 3.8) is 0 Å². The van der Waals surface area contributed by atoms with Gasteiger partial charge in [0.2, 0.25) is 5.13 Å². The lowest BCUT2D eigenvalue weighted by Crippen LogP contribution is -2.46. The third-order valence-corrected chi connectivity index (χ3v) is 6.66. The maximum absolute atomic E-state index is 12.3. The van der Waals surface area contributed by atoms with Gasteiger partial charge >= 0.3 is 0 Å². The summed E-state index contributed by atoms with van der Waals surface area (Å²) in [7, 11) is 0. The van der Waals surface area contributed by atoms with Crippen molar-refractivity contribution in [1.29, 1.82) is 0 Å². The lowest BCUT2D eigenvalue weighted by atomic mass is 9.96. The Kier molecular flexibility index (Phi) is 5.42. The molecule has 2 fully saturated rings. The summed E-state index contributed by atoms with van der Waals surface area (Å²) < 4.78 is 0. The van der Waals surface area contributed by atoms with E-state index in [9.17, 15) is 4.79 Å². The van der Waals surface area contributed by atoms with Crippen molar-refractivity contribution in [2.24, 2.45) is 0 Å². The Bertz CT molecular complexity index is 965. The number of benzene rings is 1. The Hall–Kier alpha value is -2.84. The topological polar surface area (TPSA) is 83.0 Å². The van der Waals surface area contributed by atoms with Gasteiger partial charge < -0.3 is 5.32 Å². The van der Waals surface area contributed by atoms with E-state index >= 15 is 0 Å². The molecular formula is C22H24N6OS. The van der Waals surface area contributed by atoms with Crippen LogP contribution in [-0.2, 0) is 6.54 Å². The van der Waals surface area contributed by atoms with Gasteiger partial charge in [0.15, 0.2) is 0 Å². The monoisotopic (exact) mass is 420 g/mol. The fourth-order valence-corrected chi connectivity index (χ4v) is 5.10. The lowest BCUT2D eigenvalue weighted by molar-refractivity contribution is 0.102. The molecule has 2 aliphatic heterocycles. The second-order valence-electron chi connectivity index (χ2n) is 7.99. The van der Waals surface area contributed by atoms with E-state index in [0.29, 0.717) is 28.8 Å². The zero-order valence-corrected chi connectivity index (χ0v) is 17.4. The Morgan fingerprint density at radius 3 is 2.57 bits per heavy atom. The molecule has 3 aromatic rings. The summed E-state index contributed by atoms with van der Waals surface area (Å²) in [5.74, 6) is 0.599. The SMILES string of the molecule is O=C(Nc1nncs1)c1ccc(NC2CC3CCC(C2)N3Cc2ccccc2)nc1. The normalized spacial score (nSPS) is 23.3. The van der Waals surface area contributed by atoms with Crippen LogP contribution in [0.2, 0.25) is 0 Å². The predicted octanol–water partition coefficient (Wildman–Crippen LogP) is 3.79. The third-order valence-electron chi connectivity index (χ3n) is 6.05. The first-order valence-corrected chi connectivity index (χ1v) is 11.2. The molecule has 2 atom stereocenters. The van der Waals surface area contributed by atoms with Crippen molar-refractivity contribution in [2.45, 2.75) is 50.4 Å². The Morgan fingerprint density at radius 1 is 1.10 bits per heavy atom. The average Bonchev–Trinajstić information content (AvgIpc) is 3.35. The van der Waals surface area contributed by atoms with Crippen LogP contribution in [0.5, 0.6) is 0 Å². The summed E-state index contributed by atoms with van der Waals surface area (Å²) in [5, 5.41) is 14.3. The van der Waals surface area contributed by atoms with Crippen molar-refractivity contribution < 1.29 is 4.79 Å². The van der Waals surface area contributed by atoms with Crippen LogP contribution in [0.15, 0.2) is 54.2 Å². The van der Waals surface area contributed by atoms with E-state index in [0.717, 1.165) is 25.2 Å². The number of nitrogens with zero attached hydrogens (tertiary/aromatic N) is 4. The van der Waals surface area contributed by atoms with Crippen LogP contribution in [0.3, 0.4) is 0 Å². The number of rotatable bonds is 6. The quantitative estimate of drug-likeness (QED) is 0.631. The van der Waals surface area contributed by atoms with Crippen LogP contribution in [0.1, 0.15) is 41.6 Å². The Balaban J connectivity index is 1.18. The lowest BCUT2D eigenvalue weighted by Gasteiger charge is -2.39. The van der Waals surface area contributed by atoms with Crippen LogP contribution < -0.4 is 10.6 Å². The minimum atomic E-state index is -0.224. The highest BCUT2D eigenvalue weighted by atomic mass is 32.1. The molecule has 2 N–H and O–H groups in total. The molecule has 0 spiro atoms. The number of piperidine rings is 1. The maximum Gasteiger partial charge on any atom is 0.259 e. The molecule has 8 heteroatoms. The van der Waals surface area contributed by atoms with Gasteiger partial charge in [0.25, 0.3) is 5.91 Å². The summed E-state index contributed by atoms with van der Waals surface area (Å²) in [4.78, 5) is 19.4. The number of aromatic nitrogens is 3. The molecule has 7 nitrogen and oxygen atoms in total. The van der Waals surface area contributed by atoms with Crippen molar-refractivity contribution in [2.75, 3.05) is 10.6 Å². The predicted molar refractivity (Wildman–Crippen MR) is 118 cm³/mol. The molecule has 1 amide bonds. The molecular weight excluding hydrogens is 396 g/mol. The molecule has 154 valence electrons. The summed E-state index contributed by atoms with van der Waals surface area (Å²) in [6, 6.07) is 16.1. The smallest absolute Gasteiger partial charge is 0.259 e. The number of carbonyl (C=O) groups is 1. The van der Waals surface area contributed by atoms with Gasteiger partial charge in [0.1, 0.15) is 11.3 Å². The van der Waals surface area contributed by atoms with E-state index in [-0.39, 0.29) is 5.91 Å². The molecule has 2 bridgehead atoms. The molecule has 1 aromatic carbocycles. The van der Waals surface area contributed by atoms with Crippen LogP contribution in [0.4, 0.5) is 10.9 Å². The van der Waals surface area contributed by atoms with Gasteiger partial charge in [-0.05, 0) is 43.4 Å². The Morgan fingerprint density at radius 2 is 1.90 bits per heavy atom. The third kappa shape index (κ3) is 4.20. The standard InChI is InChI=1S/C22H24N6OS/c29-21(26-22-27-24-14-30-22)16-6-9-20(23-12-16)25-17-10-18-7-8-19(11-17)28(18)13-15-4-2-1-3-5-15/h1-6,9,12,14,17-19H,7-8,10-11,13H2,(H,23,25)(H,26,27,29). The van der Waals surface area contributed by atoms with Crippen molar-refractivity contribution in [1.82, 2.24) is 20.1 Å². The Labute approximate surface area is 179 Å². The fraction of sp³-hybridized carbons (Fsp3) is 0.364. The molecule has 2 unspecified atom stereocenters. The number of pyridine rings is 1. The number of hydrogen-bond donors (Lipinski definition) is 2. The molecule has 0 radical (unpaired) electrons. The zero-order chi connectivity index (χ0) is 20.3.